The van der Waals surface area contributed by atoms with Crippen molar-refractivity contribution in [3.05, 3.63) is 70.7 Å². The van der Waals surface area contributed by atoms with Crippen LogP contribution in [0.5, 0.6) is 5.75 Å². The number of nitrogens with one attached hydrogen (secondary N) is 1. The Hall–Kier alpha value is -2.80. The molecule has 0 radical (unpaired) electrons. The number of hydrogen-bond donors (Lipinski definition) is 1. The van der Waals surface area contributed by atoms with Gasteiger partial charge >= 0.3 is 0 Å². The lowest BCUT2D eigenvalue weighted by Crippen LogP contribution is -2.24. The van der Waals surface area contributed by atoms with Gasteiger partial charge in [0.05, 0.1) is 5.56 Å². The Morgan fingerprint density at radius 3 is 2.52 bits per heavy atom. The normalized spacial score (nSPS) is 10.6. The van der Waals surface area contributed by atoms with Gasteiger partial charge in [0.2, 0.25) is 0 Å². The Kier molecular flexibility index (Phi) is 6.13. The monoisotopic (exact) mass is 388 g/mol. The summed E-state index contributed by atoms with van der Waals surface area (Å²) in [6, 6.07) is 10.7. The van der Waals surface area contributed by atoms with Gasteiger partial charge in [-0.3, -0.25) is 4.79 Å². The lowest BCUT2D eigenvalue weighted by atomic mass is 10.2. The molecule has 0 bridgehead atoms. The molecule has 140 valence electrons. The van der Waals surface area contributed by atoms with E-state index in [9.17, 15) is 13.6 Å². The maximum Gasteiger partial charge on any atom is 0.270 e. The highest BCUT2D eigenvalue weighted by Gasteiger charge is 2.12. The number of thiazole rings is 1. The predicted octanol–water partition coefficient (Wildman–Crippen LogP) is 4.81. The van der Waals surface area contributed by atoms with E-state index in [1.807, 2.05) is 6.92 Å². The molecule has 0 saturated heterocycles. The minimum absolute atomic E-state index is 0.107. The minimum Gasteiger partial charge on any atom is -0.489 e. The zero-order valence-corrected chi connectivity index (χ0v) is 15.5. The standard InChI is InChI=1S/C20H18F2N2O2S/c1-2-10-23-19(25)18-12-27-20(24-18)13-6-8-14(9-7-13)26-11-15-16(21)4-3-5-17(15)22/h3-9,12H,2,10-11H2,1H3,(H,23,25). The first-order chi connectivity index (χ1) is 13.1. The number of carbonyl (C=O) groups excluding carboxylic acids is 1. The van der Waals surface area contributed by atoms with Crippen molar-refractivity contribution in [3.63, 3.8) is 0 Å². The van der Waals surface area contributed by atoms with Crippen molar-refractivity contribution in [1.82, 2.24) is 10.3 Å². The molecular formula is C20H18F2N2O2S. The van der Waals surface area contributed by atoms with E-state index in [1.165, 1.54) is 29.5 Å². The third-order valence-corrected chi connectivity index (χ3v) is 4.71. The van der Waals surface area contributed by atoms with Gasteiger partial charge < -0.3 is 10.1 Å². The summed E-state index contributed by atoms with van der Waals surface area (Å²) in [6.45, 7) is 2.40. The second-order valence-electron chi connectivity index (χ2n) is 5.81. The number of nitrogens with zero attached hydrogens (tertiary/aromatic N) is 1. The van der Waals surface area contributed by atoms with E-state index in [0.29, 0.717) is 23.0 Å². The molecule has 0 aliphatic rings. The fourth-order valence-electron chi connectivity index (χ4n) is 2.36. The zero-order chi connectivity index (χ0) is 19.2. The minimum atomic E-state index is -0.636. The van der Waals surface area contributed by atoms with Crippen LogP contribution < -0.4 is 10.1 Å². The highest BCUT2D eigenvalue weighted by atomic mass is 32.1. The van der Waals surface area contributed by atoms with Crippen LogP contribution in [0.2, 0.25) is 0 Å². The SMILES string of the molecule is CCCNC(=O)c1csc(-c2ccc(OCc3c(F)cccc3F)cc2)n1. The number of hydrogen-bond acceptors (Lipinski definition) is 4. The van der Waals surface area contributed by atoms with E-state index >= 15 is 0 Å². The molecule has 0 saturated carbocycles. The van der Waals surface area contributed by atoms with Gasteiger partial charge in [0.15, 0.2) is 0 Å². The molecule has 1 heterocycles. The van der Waals surface area contributed by atoms with Crippen LogP contribution in [0, 0.1) is 11.6 Å². The second-order valence-corrected chi connectivity index (χ2v) is 6.67. The molecular weight excluding hydrogens is 370 g/mol. The Morgan fingerprint density at radius 1 is 1.15 bits per heavy atom. The summed E-state index contributed by atoms with van der Waals surface area (Å²) in [4.78, 5) is 16.3. The number of aromatic nitrogens is 1. The van der Waals surface area contributed by atoms with Gasteiger partial charge in [0, 0.05) is 17.5 Å². The van der Waals surface area contributed by atoms with Gasteiger partial charge in [-0.15, -0.1) is 11.3 Å². The molecule has 2 aromatic carbocycles. The van der Waals surface area contributed by atoms with E-state index in [4.69, 9.17) is 4.74 Å². The number of halogens is 2. The maximum atomic E-state index is 13.6. The molecule has 0 aliphatic heterocycles. The van der Waals surface area contributed by atoms with Crippen LogP contribution in [0.1, 0.15) is 29.4 Å². The second kappa shape index (κ2) is 8.73. The van der Waals surface area contributed by atoms with Gasteiger partial charge in [-0.2, -0.15) is 0 Å². The van der Waals surface area contributed by atoms with Crippen LogP contribution in [0.3, 0.4) is 0 Å². The number of benzene rings is 2. The highest BCUT2D eigenvalue weighted by molar-refractivity contribution is 7.13. The third-order valence-electron chi connectivity index (χ3n) is 3.82. The van der Waals surface area contributed by atoms with E-state index < -0.39 is 11.6 Å². The average molecular weight is 388 g/mol. The molecule has 1 aromatic heterocycles. The lowest BCUT2D eigenvalue weighted by molar-refractivity contribution is 0.0949. The van der Waals surface area contributed by atoms with Crippen LogP contribution in [0.15, 0.2) is 47.8 Å². The van der Waals surface area contributed by atoms with Crippen LogP contribution in [0.4, 0.5) is 8.78 Å². The molecule has 27 heavy (non-hydrogen) atoms. The van der Waals surface area contributed by atoms with Crippen LogP contribution in [-0.4, -0.2) is 17.4 Å². The Morgan fingerprint density at radius 2 is 1.85 bits per heavy atom. The van der Waals surface area contributed by atoms with Crippen molar-refractivity contribution in [2.75, 3.05) is 6.54 Å². The van der Waals surface area contributed by atoms with Crippen molar-refractivity contribution in [2.24, 2.45) is 0 Å². The fraction of sp³-hybridized carbons (Fsp3) is 0.200. The molecule has 1 amide bonds. The largest absolute Gasteiger partial charge is 0.489 e. The van der Waals surface area contributed by atoms with E-state index in [1.54, 1.807) is 29.6 Å². The van der Waals surface area contributed by atoms with Crippen LogP contribution in [0.25, 0.3) is 10.6 Å². The first kappa shape index (κ1) is 19.0. The summed E-state index contributed by atoms with van der Waals surface area (Å²) in [5.41, 5.74) is 1.11. The molecule has 0 unspecified atom stereocenters. The summed E-state index contributed by atoms with van der Waals surface area (Å²) in [5.74, 6) is -0.975. The van der Waals surface area contributed by atoms with Crippen LogP contribution in [-0.2, 0) is 6.61 Å². The molecule has 1 N–H and O–H groups in total. The smallest absolute Gasteiger partial charge is 0.270 e. The molecule has 0 atom stereocenters. The fourth-order valence-corrected chi connectivity index (χ4v) is 3.17. The first-order valence-corrected chi connectivity index (χ1v) is 9.36. The molecule has 3 aromatic rings. The number of amides is 1. The lowest BCUT2D eigenvalue weighted by Gasteiger charge is -2.08. The van der Waals surface area contributed by atoms with E-state index in [2.05, 4.69) is 10.3 Å². The van der Waals surface area contributed by atoms with Gasteiger partial charge in [0.25, 0.3) is 5.91 Å². The highest BCUT2D eigenvalue weighted by Crippen LogP contribution is 2.26. The molecule has 3 rings (SSSR count). The Bertz CT molecular complexity index is 906. The maximum absolute atomic E-state index is 13.6. The predicted molar refractivity (Wildman–Crippen MR) is 101 cm³/mol. The quantitative estimate of drug-likeness (QED) is 0.632. The average Bonchev–Trinajstić information content (AvgIpc) is 3.16. The molecule has 0 spiro atoms. The van der Waals surface area contributed by atoms with Crippen molar-refractivity contribution in [2.45, 2.75) is 20.0 Å². The summed E-state index contributed by atoms with van der Waals surface area (Å²) in [7, 11) is 0. The zero-order valence-electron chi connectivity index (χ0n) is 14.7. The summed E-state index contributed by atoms with van der Waals surface area (Å²) in [5, 5.41) is 5.21. The van der Waals surface area contributed by atoms with Crippen molar-refractivity contribution in [1.29, 1.82) is 0 Å². The van der Waals surface area contributed by atoms with E-state index in [-0.39, 0.29) is 18.1 Å². The van der Waals surface area contributed by atoms with Crippen LogP contribution >= 0.6 is 11.3 Å². The van der Waals surface area contributed by atoms with Crippen molar-refractivity contribution >= 4 is 17.2 Å². The van der Waals surface area contributed by atoms with Crippen molar-refractivity contribution in [3.8, 4) is 16.3 Å². The van der Waals surface area contributed by atoms with Gasteiger partial charge in [0.1, 0.15) is 34.7 Å². The van der Waals surface area contributed by atoms with Gasteiger partial charge in [-0.25, -0.2) is 13.8 Å². The number of ether oxygens (including phenoxy) is 1. The first-order valence-electron chi connectivity index (χ1n) is 8.48. The number of rotatable bonds is 7. The molecule has 4 nitrogen and oxygen atoms in total. The Labute approximate surface area is 159 Å². The van der Waals surface area contributed by atoms with Gasteiger partial charge in [-0.05, 0) is 42.8 Å². The Balaban J connectivity index is 1.65. The molecule has 0 fully saturated rings. The molecule has 0 aliphatic carbocycles. The summed E-state index contributed by atoms with van der Waals surface area (Å²) < 4.78 is 32.7. The summed E-state index contributed by atoms with van der Waals surface area (Å²) in [6.07, 6.45) is 0.862. The van der Waals surface area contributed by atoms with E-state index in [0.717, 1.165) is 12.0 Å². The van der Waals surface area contributed by atoms with Gasteiger partial charge in [-0.1, -0.05) is 13.0 Å². The third kappa shape index (κ3) is 4.68. The molecule has 7 heteroatoms. The number of carbonyl (C=O) groups is 1. The summed E-state index contributed by atoms with van der Waals surface area (Å²) >= 11 is 1.37. The van der Waals surface area contributed by atoms with Crippen molar-refractivity contribution < 1.29 is 18.3 Å². The topological polar surface area (TPSA) is 51.2 Å².